The molecule has 0 bridgehead atoms. The molecular formula is C21H23NO4. The van der Waals surface area contributed by atoms with Crippen molar-refractivity contribution in [3.05, 3.63) is 59.2 Å². The third-order valence-electron chi connectivity index (χ3n) is 4.63. The number of nitrogens with one attached hydrogen (secondary N) is 1. The van der Waals surface area contributed by atoms with Gasteiger partial charge in [-0.05, 0) is 55.5 Å². The molecule has 0 radical (unpaired) electrons. The van der Waals surface area contributed by atoms with E-state index < -0.39 is 0 Å². The van der Waals surface area contributed by atoms with Crippen molar-refractivity contribution in [3.8, 4) is 11.5 Å². The second-order valence-electron chi connectivity index (χ2n) is 6.42. The van der Waals surface area contributed by atoms with Gasteiger partial charge < -0.3 is 14.8 Å². The Morgan fingerprint density at radius 3 is 2.73 bits per heavy atom. The van der Waals surface area contributed by atoms with Gasteiger partial charge in [0.1, 0.15) is 0 Å². The van der Waals surface area contributed by atoms with Gasteiger partial charge in [0.05, 0.1) is 13.2 Å². The lowest BCUT2D eigenvalue weighted by Gasteiger charge is -2.26. The summed E-state index contributed by atoms with van der Waals surface area (Å²) in [6.07, 6.45) is 3.04. The first-order valence-corrected chi connectivity index (χ1v) is 8.77. The first-order chi connectivity index (χ1) is 12.6. The fourth-order valence-electron chi connectivity index (χ4n) is 3.29. The van der Waals surface area contributed by atoms with Gasteiger partial charge >= 0.3 is 0 Å². The SMILES string of the molecule is COc1cc(C(C)=O)ccc1OCC(=O)NC1CCCc2ccccc21. The number of carbonyl (C=O) groups excluding carboxylic acids is 2. The number of aryl methyl sites for hydroxylation is 1. The molecule has 26 heavy (non-hydrogen) atoms. The van der Waals surface area contributed by atoms with Crippen LogP contribution in [0.4, 0.5) is 0 Å². The van der Waals surface area contributed by atoms with Crippen molar-refractivity contribution in [2.75, 3.05) is 13.7 Å². The fourth-order valence-corrected chi connectivity index (χ4v) is 3.29. The molecule has 1 aliphatic carbocycles. The Morgan fingerprint density at radius 2 is 1.96 bits per heavy atom. The Kier molecular flexibility index (Phi) is 5.56. The summed E-state index contributed by atoms with van der Waals surface area (Å²) in [6.45, 7) is 1.39. The lowest BCUT2D eigenvalue weighted by Crippen LogP contribution is -2.34. The molecule has 5 heteroatoms. The highest BCUT2D eigenvalue weighted by Crippen LogP contribution is 2.30. The maximum atomic E-state index is 12.3. The van der Waals surface area contributed by atoms with Gasteiger partial charge in [-0.25, -0.2) is 0 Å². The van der Waals surface area contributed by atoms with Gasteiger partial charge in [-0.1, -0.05) is 24.3 Å². The van der Waals surface area contributed by atoms with Gasteiger partial charge in [0.25, 0.3) is 5.91 Å². The van der Waals surface area contributed by atoms with E-state index in [4.69, 9.17) is 9.47 Å². The van der Waals surface area contributed by atoms with Gasteiger partial charge in [-0.15, -0.1) is 0 Å². The highest BCUT2D eigenvalue weighted by molar-refractivity contribution is 5.94. The minimum absolute atomic E-state index is 0.0260. The lowest BCUT2D eigenvalue weighted by molar-refractivity contribution is -0.124. The van der Waals surface area contributed by atoms with Crippen molar-refractivity contribution >= 4 is 11.7 Å². The van der Waals surface area contributed by atoms with Crippen molar-refractivity contribution in [2.45, 2.75) is 32.2 Å². The van der Waals surface area contributed by atoms with E-state index in [0.717, 1.165) is 19.3 Å². The summed E-state index contributed by atoms with van der Waals surface area (Å²) in [5.41, 5.74) is 3.03. The van der Waals surface area contributed by atoms with Crippen LogP contribution in [0.15, 0.2) is 42.5 Å². The van der Waals surface area contributed by atoms with Crippen molar-refractivity contribution in [1.29, 1.82) is 0 Å². The molecule has 0 aromatic heterocycles. The summed E-state index contributed by atoms with van der Waals surface area (Å²) in [5, 5.41) is 3.05. The number of Topliss-reactive ketones (excluding diaryl/α,β-unsaturated/α-hetero) is 1. The number of fused-ring (bicyclic) bond motifs is 1. The Bertz CT molecular complexity index is 815. The van der Waals surface area contributed by atoms with Crippen molar-refractivity contribution in [1.82, 2.24) is 5.32 Å². The molecule has 0 heterocycles. The zero-order chi connectivity index (χ0) is 18.5. The van der Waals surface area contributed by atoms with Crippen LogP contribution in [0.3, 0.4) is 0 Å². The lowest BCUT2D eigenvalue weighted by atomic mass is 9.88. The van der Waals surface area contributed by atoms with Crippen molar-refractivity contribution in [3.63, 3.8) is 0 Å². The molecule has 136 valence electrons. The number of hydrogen-bond acceptors (Lipinski definition) is 4. The summed E-state index contributed by atoms with van der Waals surface area (Å²) < 4.78 is 10.9. The summed E-state index contributed by atoms with van der Waals surface area (Å²) >= 11 is 0. The van der Waals surface area contributed by atoms with Crippen molar-refractivity contribution in [2.24, 2.45) is 0 Å². The molecule has 1 unspecified atom stereocenters. The largest absolute Gasteiger partial charge is 0.493 e. The molecule has 0 spiro atoms. The smallest absolute Gasteiger partial charge is 0.258 e. The summed E-state index contributed by atoms with van der Waals surface area (Å²) in [5.74, 6) is 0.651. The average Bonchev–Trinajstić information content (AvgIpc) is 2.66. The van der Waals surface area contributed by atoms with Crippen molar-refractivity contribution < 1.29 is 19.1 Å². The summed E-state index contributed by atoms with van der Waals surface area (Å²) in [7, 11) is 1.51. The molecule has 0 fully saturated rings. The van der Waals surface area contributed by atoms with Gasteiger partial charge in [0.15, 0.2) is 23.9 Å². The molecule has 0 saturated heterocycles. The van der Waals surface area contributed by atoms with E-state index in [1.54, 1.807) is 18.2 Å². The highest BCUT2D eigenvalue weighted by Gasteiger charge is 2.21. The van der Waals surface area contributed by atoms with Gasteiger partial charge in [0, 0.05) is 5.56 Å². The Balaban J connectivity index is 1.62. The molecule has 1 N–H and O–H groups in total. The molecule has 3 rings (SSSR count). The first-order valence-electron chi connectivity index (χ1n) is 8.77. The quantitative estimate of drug-likeness (QED) is 0.808. The summed E-state index contributed by atoms with van der Waals surface area (Å²) in [4.78, 5) is 23.8. The first kappa shape index (κ1) is 18.0. The van der Waals surface area contributed by atoms with Crippen LogP contribution < -0.4 is 14.8 Å². The Hall–Kier alpha value is -2.82. The van der Waals surface area contributed by atoms with E-state index in [-0.39, 0.29) is 24.3 Å². The summed E-state index contributed by atoms with van der Waals surface area (Å²) in [6, 6.07) is 13.2. The molecule has 1 aliphatic rings. The molecular weight excluding hydrogens is 330 g/mol. The maximum absolute atomic E-state index is 12.3. The predicted molar refractivity (Wildman–Crippen MR) is 98.8 cm³/mol. The monoisotopic (exact) mass is 353 g/mol. The van der Waals surface area contributed by atoms with E-state index >= 15 is 0 Å². The Morgan fingerprint density at radius 1 is 1.15 bits per heavy atom. The number of amides is 1. The van der Waals surface area contributed by atoms with Gasteiger partial charge in [0.2, 0.25) is 0 Å². The normalized spacial score (nSPS) is 15.7. The molecule has 5 nitrogen and oxygen atoms in total. The maximum Gasteiger partial charge on any atom is 0.258 e. The number of methoxy groups -OCH3 is 1. The number of benzene rings is 2. The highest BCUT2D eigenvalue weighted by atomic mass is 16.5. The van der Waals surface area contributed by atoms with Gasteiger partial charge in [-0.2, -0.15) is 0 Å². The molecule has 2 aromatic carbocycles. The second kappa shape index (κ2) is 8.04. The zero-order valence-electron chi connectivity index (χ0n) is 15.1. The number of rotatable bonds is 6. The van der Waals surface area contributed by atoms with Crippen LogP contribution in [0.2, 0.25) is 0 Å². The minimum atomic E-state index is -0.176. The van der Waals surface area contributed by atoms with E-state index in [1.165, 1.54) is 25.2 Å². The third-order valence-corrected chi connectivity index (χ3v) is 4.63. The fraction of sp³-hybridized carbons (Fsp3) is 0.333. The van der Waals surface area contributed by atoms with Crippen LogP contribution in [0.1, 0.15) is 47.3 Å². The van der Waals surface area contributed by atoms with E-state index in [0.29, 0.717) is 17.1 Å². The third kappa shape index (κ3) is 4.04. The average molecular weight is 353 g/mol. The molecule has 1 atom stereocenters. The molecule has 1 amide bonds. The van der Waals surface area contributed by atoms with Gasteiger partial charge in [-0.3, -0.25) is 9.59 Å². The molecule has 0 saturated carbocycles. The molecule has 2 aromatic rings. The van der Waals surface area contributed by atoms with E-state index in [1.807, 2.05) is 12.1 Å². The van der Waals surface area contributed by atoms with Crippen LogP contribution >= 0.6 is 0 Å². The molecule has 0 aliphatic heterocycles. The predicted octanol–water partition coefficient (Wildman–Crippen LogP) is 3.47. The number of carbonyl (C=O) groups is 2. The van der Waals surface area contributed by atoms with Crippen LogP contribution in [0.25, 0.3) is 0 Å². The van der Waals surface area contributed by atoms with Crippen LogP contribution in [0.5, 0.6) is 11.5 Å². The minimum Gasteiger partial charge on any atom is -0.493 e. The Labute approximate surface area is 153 Å². The van der Waals surface area contributed by atoms with Crippen LogP contribution in [-0.2, 0) is 11.2 Å². The zero-order valence-corrected chi connectivity index (χ0v) is 15.1. The second-order valence-corrected chi connectivity index (χ2v) is 6.42. The standard InChI is InChI=1S/C21H23NO4/c1-14(23)16-10-11-19(20(12-16)25-2)26-13-21(24)22-18-9-5-7-15-6-3-4-8-17(15)18/h3-4,6,8,10-12,18H,5,7,9,13H2,1-2H3,(H,22,24). The topological polar surface area (TPSA) is 64.6 Å². The van der Waals surface area contributed by atoms with E-state index in [9.17, 15) is 9.59 Å². The van der Waals surface area contributed by atoms with Crippen LogP contribution in [0, 0.1) is 0 Å². The number of hydrogen-bond donors (Lipinski definition) is 1. The number of ether oxygens (including phenoxy) is 2. The van der Waals surface area contributed by atoms with E-state index in [2.05, 4.69) is 17.4 Å². The van der Waals surface area contributed by atoms with Crippen LogP contribution in [-0.4, -0.2) is 25.4 Å². The number of ketones is 1.